The molecular weight excluding hydrogens is 324 g/mol. The Balaban J connectivity index is 2.11. The van der Waals surface area contributed by atoms with Crippen molar-refractivity contribution in [3.05, 3.63) is 38.3 Å². The van der Waals surface area contributed by atoms with E-state index < -0.39 is 4.92 Å². The van der Waals surface area contributed by atoms with E-state index in [-0.39, 0.29) is 17.6 Å². The smallest absolute Gasteiger partial charge is 0.270 e. The molecule has 0 aliphatic heterocycles. The first-order chi connectivity index (χ1) is 9.49. The van der Waals surface area contributed by atoms with Gasteiger partial charge in [-0.2, -0.15) is 0 Å². The molecule has 1 aliphatic rings. The third-order valence-electron chi connectivity index (χ3n) is 3.87. The lowest BCUT2D eigenvalue weighted by atomic mass is 9.99. The lowest BCUT2D eigenvalue weighted by Crippen LogP contribution is -2.37. The molecule has 1 fully saturated rings. The van der Waals surface area contributed by atoms with Crippen molar-refractivity contribution in [1.29, 1.82) is 0 Å². The summed E-state index contributed by atoms with van der Waals surface area (Å²) < 4.78 is 0.569. The number of hydrogen-bond donors (Lipinski definition) is 1. The van der Waals surface area contributed by atoms with Crippen LogP contribution in [0.4, 0.5) is 5.69 Å². The minimum atomic E-state index is -0.496. The van der Waals surface area contributed by atoms with Crippen molar-refractivity contribution in [3.8, 4) is 0 Å². The Bertz CT molecular complexity index is 527. The first-order valence-corrected chi connectivity index (χ1v) is 7.53. The molecule has 0 bridgehead atoms. The van der Waals surface area contributed by atoms with Crippen LogP contribution in [0.2, 0.25) is 0 Å². The van der Waals surface area contributed by atoms with Crippen molar-refractivity contribution < 1.29 is 9.72 Å². The number of hydrogen-bond acceptors (Lipinski definition) is 3. The second-order valence-corrected chi connectivity index (χ2v) is 6.08. The van der Waals surface area contributed by atoms with Gasteiger partial charge in [-0.25, -0.2) is 0 Å². The largest absolute Gasteiger partial charge is 0.349 e. The van der Waals surface area contributed by atoms with Crippen LogP contribution in [0.3, 0.4) is 0 Å². The van der Waals surface area contributed by atoms with Crippen LogP contribution < -0.4 is 5.32 Å². The lowest BCUT2D eigenvalue weighted by Gasteiger charge is -2.20. The van der Waals surface area contributed by atoms with Crippen molar-refractivity contribution in [2.45, 2.75) is 38.6 Å². The molecule has 1 amide bonds. The Morgan fingerprint density at radius 3 is 2.70 bits per heavy atom. The summed E-state index contributed by atoms with van der Waals surface area (Å²) in [5.41, 5.74) is 0.232. The second-order valence-electron chi connectivity index (χ2n) is 5.23. The molecule has 1 aliphatic carbocycles. The van der Waals surface area contributed by atoms with E-state index in [0.29, 0.717) is 16.0 Å². The van der Waals surface area contributed by atoms with Gasteiger partial charge in [-0.3, -0.25) is 14.9 Å². The number of nitro groups is 1. The molecule has 1 saturated carbocycles. The number of non-ortho nitro benzene ring substituents is 1. The highest BCUT2D eigenvalue weighted by molar-refractivity contribution is 9.10. The standard InChI is InChI=1S/C14H17BrN2O3/c1-9(10-4-2-3-5-10)16-14(18)12-8-11(17(19)20)6-7-13(12)15/h6-10H,2-5H2,1H3,(H,16,18). The number of rotatable bonds is 4. The minimum Gasteiger partial charge on any atom is -0.349 e. The topological polar surface area (TPSA) is 72.2 Å². The summed E-state index contributed by atoms with van der Waals surface area (Å²) in [7, 11) is 0. The van der Waals surface area contributed by atoms with Crippen LogP contribution in [-0.4, -0.2) is 16.9 Å². The van der Waals surface area contributed by atoms with E-state index in [9.17, 15) is 14.9 Å². The molecule has 0 radical (unpaired) electrons. The number of amides is 1. The van der Waals surface area contributed by atoms with Crippen LogP contribution >= 0.6 is 15.9 Å². The highest BCUT2D eigenvalue weighted by Gasteiger charge is 2.24. The fraction of sp³-hybridized carbons (Fsp3) is 0.500. The Kier molecular flexibility index (Phi) is 4.75. The fourth-order valence-corrected chi connectivity index (χ4v) is 3.09. The van der Waals surface area contributed by atoms with Crippen molar-refractivity contribution >= 4 is 27.5 Å². The summed E-state index contributed by atoms with van der Waals surface area (Å²) >= 11 is 3.27. The maximum Gasteiger partial charge on any atom is 0.270 e. The van der Waals surface area contributed by atoms with Gasteiger partial charge in [0.1, 0.15) is 0 Å². The molecule has 1 N–H and O–H groups in total. The first kappa shape index (κ1) is 15.0. The summed E-state index contributed by atoms with van der Waals surface area (Å²) in [5, 5.41) is 13.7. The van der Waals surface area contributed by atoms with E-state index in [1.54, 1.807) is 0 Å². The number of benzene rings is 1. The van der Waals surface area contributed by atoms with E-state index in [1.165, 1.54) is 31.0 Å². The molecular formula is C14H17BrN2O3. The molecule has 2 rings (SSSR count). The normalized spacial score (nSPS) is 16.9. The van der Waals surface area contributed by atoms with Gasteiger partial charge in [0.15, 0.2) is 0 Å². The van der Waals surface area contributed by atoms with Crippen LogP contribution in [0.5, 0.6) is 0 Å². The van der Waals surface area contributed by atoms with E-state index in [2.05, 4.69) is 21.2 Å². The molecule has 20 heavy (non-hydrogen) atoms. The summed E-state index contributed by atoms with van der Waals surface area (Å²) in [5.74, 6) is 0.247. The van der Waals surface area contributed by atoms with Gasteiger partial charge in [-0.1, -0.05) is 12.8 Å². The van der Waals surface area contributed by atoms with Crippen LogP contribution in [0.25, 0.3) is 0 Å². The summed E-state index contributed by atoms with van der Waals surface area (Å²) in [6.07, 6.45) is 4.70. The van der Waals surface area contributed by atoms with Gasteiger partial charge in [0.2, 0.25) is 0 Å². The molecule has 0 saturated heterocycles. The minimum absolute atomic E-state index is 0.0770. The van der Waals surface area contributed by atoms with Gasteiger partial charge in [0.25, 0.3) is 11.6 Å². The maximum absolute atomic E-state index is 12.2. The quantitative estimate of drug-likeness (QED) is 0.671. The zero-order valence-corrected chi connectivity index (χ0v) is 12.9. The molecule has 1 unspecified atom stereocenters. The van der Waals surface area contributed by atoms with E-state index >= 15 is 0 Å². The molecule has 108 valence electrons. The third kappa shape index (κ3) is 3.36. The Morgan fingerprint density at radius 2 is 2.10 bits per heavy atom. The van der Waals surface area contributed by atoms with E-state index in [0.717, 1.165) is 12.8 Å². The average Bonchev–Trinajstić information content (AvgIpc) is 2.92. The van der Waals surface area contributed by atoms with Crippen molar-refractivity contribution in [2.75, 3.05) is 0 Å². The number of nitro benzene ring substituents is 1. The predicted molar refractivity (Wildman–Crippen MR) is 79.7 cm³/mol. The van der Waals surface area contributed by atoms with Crippen molar-refractivity contribution in [2.24, 2.45) is 5.92 Å². The highest BCUT2D eigenvalue weighted by Crippen LogP contribution is 2.28. The summed E-state index contributed by atoms with van der Waals surface area (Å²) in [4.78, 5) is 22.5. The molecule has 1 aromatic rings. The average molecular weight is 341 g/mol. The third-order valence-corrected chi connectivity index (χ3v) is 4.56. The van der Waals surface area contributed by atoms with Crippen LogP contribution in [0, 0.1) is 16.0 Å². The molecule has 0 aromatic heterocycles. The molecule has 1 atom stereocenters. The van der Waals surface area contributed by atoms with Gasteiger partial charge in [0.05, 0.1) is 10.5 Å². The molecule has 0 spiro atoms. The molecule has 1 aromatic carbocycles. The number of nitrogens with one attached hydrogen (secondary N) is 1. The second kappa shape index (κ2) is 6.35. The Labute approximate surface area is 126 Å². The zero-order valence-electron chi connectivity index (χ0n) is 11.3. The van der Waals surface area contributed by atoms with Crippen LogP contribution in [0.1, 0.15) is 43.0 Å². The summed E-state index contributed by atoms with van der Waals surface area (Å²) in [6, 6.07) is 4.31. The highest BCUT2D eigenvalue weighted by atomic mass is 79.9. The Morgan fingerprint density at radius 1 is 1.45 bits per heavy atom. The molecule has 0 heterocycles. The number of nitrogens with zero attached hydrogens (tertiary/aromatic N) is 1. The Hall–Kier alpha value is -1.43. The van der Waals surface area contributed by atoms with Gasteiger partial charge < -0.3 is 5.32 Å². The summed E-state index contributed by atoms with van der Waals surface area (Å²) in [6.45, 7) is 2.00. The zero-order chi connectivity index (χ0) is 14.7. The van der Waals surface area contributed by atoms with Gasteiger partial charge >= 0.3 is 0 Å². The van der Waals surface area contributed by atoms with Crippen molar-refractivity contribution in [3.63, 3.8) is 0 Å². The number of carbonyl (C=O) groups excluding carboxylic acids is 1. The van der Waals surface area contributed by atoms with Gasteiger partial charge in [-0.05, 0) is 47.7 Å². The SMILES string of the molecule is CC(NC(=O)c1cc([N+](=O)[O-])ccc1Br)C1CCCC1. The monoisotopic (exact) mass is 340 g/mol. The maximum atomic E-state index is 12.2. The number of halogens is 1. The van der Waals surface area contributed by atoms with E-state index in [1.807, 2.05) is 6.92 Å². The van der Waals surface area contributed by atoms with Crippen molar-refractivity contribution in [1.82, 2.24) is 5.32 Å². The fourth-order valence-electron chi connectivity index (χ4n) is 2.66. The van der Waals surface area contributed by atoms with E-state index in [4.69, 9.17) is 0 Å². The van der Waals surface area contributed by atoms with Gasteiger partial charge in [0, 0.05) is 22.6 Å². The molecule has 6 heteroatoms. The first-order valence-electron chi connectivity index (χ1n) is 6.74. The predicted octanol–water partition coefficient (Wildman–Crippen LogP) is 3.67. The van der Waals surface area contributed by atoms with Crippen LogP contribution in [0.15, 0.2) is 22.7 Å². The number of carbonyl (C=O) groups is 1. The van der Waals surface area contributed by atoms with Gasteiger partial charge in [-0.15, -0.1) is 0 Å². The van der Waals surface area contributed by atoms with Crippen LogP contribution in [-0.2, 0) is 0 Å². The molecule has 5 nitrogen and oxygen atoms in total. The lowest BCUT2D eigenvalue weighted by molar-refractivity contribution is -0.384.